The van der Waals surface area contributed by atoms with Crippen LogP contribution in [0.25, 0.3) is 10.9 Å². The first-order valence-corrected chi connectivity index (χ1v) is 10.2. The van der Waals surface area contributed by atoms with Gasteiger partial charge in [0, 0.05) is 17.0 Å². The van der Waals surface area contributed by atoms with Crippen LogP contribution in [0.1, 0.15) is 34.2 Å². The largest absolute Gasteiger partial charge is 0.496 e. The monoisotopic (exact) mass is 457 g/mol. The summed E-state index contributed by atoms with van der Waals surface area (Å²) >= 11 is 0. The number of hydrazine groups is 1. The Balaban J connectivity index is 1.77. The average Bonchev–Trinajstić information content (AvgIpc) is 3.30. The molecule has 0 aliphatic heterocycles. The molecule has 0 radical (unpaired) electrons. The fourth-order valence-electron chi connectivity index (χ4n) is 3.25. The second-order valence-corrected chi connectivity index (χ2v) is 6.91. The van der Waals surface area contributed by atoms with Crippen LogP contribution in [0.5, 0.6) is 28.7 Å². The summed E-state index contributed by atoms with van der Waals surface area (Å²) in [7, 11) is 6.01. The number of nitrogens with one attached hydrogen (secondary N) is 3. The molecule has 1 heterocycles. The zero-order valence-corrected chi connectivity index (χ0v) is 19.2. The molecule has 0 fully saturated rings. The maximum atomic E-state index is 12.7. The van der Waals surface area contributed by atoms with Gasteiger partial charge in [0.1, 0.15) is 11.4 Å². The molecule has 2 aromatic carbocycles. The van der Waals surface area contributed by atoms with Gasteiger partial charge in [-0.25, -0.2) is 0 Å². The molecular weight excluding hydrogens is 430 g/mol. The Hall–Kier alpha value is -4.08. The Kier molecular flexibility index (Phi) is 7.50. The molecule has 33 heavy (non-hydrogen) atoms. The number of aromatic nitrogens is 1. The third-order valence-electron chi connectivity index (χ3n) is 4.86. The van der Waals surface area contributed by atoms with Crippen molar-refractivity contribution in [3.63, 3.8) is 0 Å². The molecule has 0 aliphatic carbocycles. The van der Waals surface area contributed by atoms with E-state index in [2.05, 4.69) is 15.8 Å². The molecule has 0 aliphatic rings. The number of hydrogen-bond donors (Lipinski definition) is 3. The third kappa shape index (κ3) is 4.89. The highest BCUT2D eigenvalue weighted by Crippen LogP contribution is 2.41. The van der Waals surface area contributed by atoms with Gasteiger partial charge in [-0.1, -0.05) is 6.92 Å². The normalized spacial score (nSPS) is 10.5. The Bertz CT molecular complexity index is 1160. The Labute approximate surface area is 191 Å². The van der Waals surface area contributed by atoms with Crippen molar-refractivity contribution in [1.29, 1.82) is 0 Å². The van der Waals surface area contributed by atoms with E-state index < -0.39 is 11.8 Å². The van der Waals surface area contributed by atoms with Crippen molar-refractivity contribution in [2.45, 2.75) is 13.3 Å². The average molecular weight is 457 g/mol. The molecule has 0 unspecified atom stereocenters. The van der Waals surface area contributed by atoms with Crippen LogP contribution >= 0.6 is 0 Å². The zero-order valence-electron chi connectivity index (χ0n) is 19.2. The van der Waals surface area contributed by atoms with Crippen LogP contribution in [0.15, 0.2) is 30.3 Å². The van der Waals surface area contributed by atoms with Crippen molar-refractivity contribution in [2.75, 3.05) is 35.0 Å². The summed E-state index contributed by atoms with van der Waals surface area (Å²) < 4.78 is 27.0. The maximum Gasteiger partial charge on any atom is 0.286 e. The second kappa shape index (κ2) is 10.5. The van der Waals surface area contributed by atoms with E-state index in [1.807, 2.05) is 6.92 Å². The molecule has 2 amide bonds. The number of fused-ring (bicyclic) bond motifs is 1. The molecule has 10 nitrogen and oxygen atoms in total. The number of ether oxygens (including phenoxy) is 5. The van der Waals surface area contributed by atoms with Gasteiger partial charge in [0.15, 0.2) is 23.0 Å². The molecular formula is C23H27N3O7. The molecule has 0 atom stereocenters. The minimum absolute atomic E-state index is 0.191. The van der Waals surface area contributed by atoms with Crippen molar-refractivity contribution in [3.05, 3.63) is 41.6 Å². The summed E-state index contributed by atoms with van der Waals surface area (Å²) in [5.74, 6) is 1.26. The molecule has 0 saturated carbocycles. The molecule has 10 heteroatoms. The lowest BCUT2D eigenvalue weighted by Crippen LogP contribution is -2.41. The minimum Gasteiger partial charge on any atom is -0.496 e. The summed E-state index contributed by atoms with van der Waals surface area (Å²) in [6.07, 6.45) is 0.843. The molecule has 0 spiro atoms. The van der Waals surface area contributed by atoms with Gasteiger partial charge in [0.25, 0.3) is 11.8 Å². The van der Waals surface area contributed by atoms with Crippen LogP contribution in [0, 0.1) is 0 Å². The van der Waals surface area contributed by atoms with Gasteiger partial charge >= 0.3 is 0 Å². The fraction of sp³-hybridized carbons (Fsp3) is 0.304. The fourth-order valence-corrected chi connectivity index (χ4v) is 3.25. The lowest BCUT2D eigenvalue weighted by molar-refractivity contribution is 0.0844. The van der Waals surface area contributed by atoms with Crippen molar-refractivity contribution in [2.24, 2.45) is 0 Å². The van der Waals surface area contributed by atoms with Crippen LogP contribution in [0.2, 0.25) is 0 Å². The van der Waals surface area contributed by atoms with Gasteiger partial charge in [-0.3, -0.25) is 20.4 Å². The Morgan fingerprint density at radius 2 is 1.52 bits per heavy atom. The van der Waals surface area contributed by atoms with E-state index in [0.29, 0.717) is 51.8 Å². The quantitative estimate of drug-likeness (QED) is 0.422. The molecule has 176 valence electrons. The number of H-pyrrole nitrogens is 1. The molecule has 0 saturated heterocycles. The Morgan fingerprint density at radius 1 is 0.818 bits per heavy atom. The number of carbonyl (C=O) groups is 2. The summed E-state index contributed by atoms with van der Waals surface area (Å²) in [5, 5.41) is 0.624. The predicted molar refractivity (Wildman–Crippen MR) is 122 cm³/mol. The predicted octanol–water partition coefficient (Wildman–Crippen LogP) is 3.07. The zero-order chi connectivity index (χ0) is 24.0. The summed E-state index contributed by atoms with van der Waals surface area (Å²) in [6, 6.07) is 8.03. The van der Waals surface area contributed by atoms with E-state index in [1.165, 1.54) is 34.5 Å². The lowest BCUT2D eigenvalue weighted by Gasteiger charge is -2.12. The van der Waals surface area contributed by atoms with Gasteiger partial charge in [-0.05, 0) is 30.7 Å². The van der Waals surface area contributed by atoms with Crippen LogP contribution in [-0.2, 0) is 0 Å². The SMILES string of the molecule is CCCOc1ccc(C(=O)NNC(=O)c2cc3c(OC)cc(OC)c(OC)c3[nH]2)cc1OC. The molecule has 1 aromatic heterocycles. The van der Waals surface area contributed by atoms with E-state index in [1.54, 1.807) is 24.3 Å². The number of benzene rings is 2. The van der Waals surface area contributed by atoms with E-state index in [0.717, 1.165) is 6.42 Å². The standard InChI is InChI=1S/C23H27N3O7/c1-6-9-33-16-8-7-13(10-18(16)30-3)22(27)25-26-23(28)15-11-14-17(29-2)12-19(31-4)21(32-5)20(14)24-15/h7-8,10-12,24H,6,9H2,1-5H3,(H,25,27)(H,26,28). The highest BCUT2D eigenvalue weighted by atomic mass is 16.5. The maximum absolute atomic E-state index is 12.7. The van der Waals surface area contributed by atoms with Gasteiger partial charge in [0.2, 0.25) is 0 Å². The second-order valence-electron chi connectivity index (χ2n) is 6.91. The Morgan fingerprint density at radius 3 is 2.15 bits per heavy atom. The number of methoxy groups -OCH3 is 4. The number of hydrogen-bond acceptors (Lipinski definition) is 7. The van der Waals surface area contributed by atoms with E-state index in [4.69, 9.17) is 23.7 Å². The number of rotatable bonds is 9. The molecule has 3 N–H and O–H groups in total. The highest BCUT2D eigenvalue weighted by molar-refractivity contribution is 6.03. The van der Waals surface area contributed by atoms with Crippen LogP contribution in [0.4, 0.5) is 0 Å². The van der Waals surface area contributed by atoms with Crippen LogP contribution in [0.3, 0.4) is 0 Å². The summed E-state index contributed by atoms with van der Waals surface area (Å²) in [4.78, 5) is 28.2. The first-order chi connectivity index (χ1) is 16.0. The molecule has 3 rings (SSSR count). The van der Waals surface area contributed by atoms with Crippen LogP contribution < -0.4 is 34.5 Å². The lowest BCUT2D eigenvalue weighted by atomic mass is 10.2. The number of amides is 2. The third-order valence-corrected chi connectivity index (χ3v) is 4.86. The van der Waals surface area contributed by atoms with Gasteiger partial charge in [-0.15, -0.1) is 0 Å². The van der Waals surface area contributed by atoms with Gasteiger partial charge in [-0.2, -0.15) is 0 Å². The van der Waals surface area contributed by atoms with E-state index in [9.17, 15) is 9.59 Å². The first-order valence-electron chi connectivity index (χ1n) is 10.2. The topological polar surface area (TPSA) is 120 Å². The van der Waals surface area contributed by atoms with Crippen molar-refractivity contribution in [3.8, 4) is 28.7 Å². The van der Waals surface area contributed by atoms with Crippen molar-refractivity contribution < 1.29 is 33.3 Å². The van der Waals surface area contributed by atoms with E-state index in [-0.39, 0.29) is 5.69 Å². The number of aromatic amines is 1. The van der Waals surface area contributed by atoms with Gasteiger partial charge in [0.05, 0.1) is 40.6 Å². The summed E-state index contributed by atoms with van der Waals surface area (Å²) in [6.45, 7) is 2.52. The highest BCUT2D eigenvalue weighted by Gasteiger charge is 2.20. The number of carbonyl (C=O) groups excluding carboxylic acids is 2. The van der Waals surface area contributed by atoms with Gasteiger partial charge < -0.3 is 28.7 Å². The smallest absolute Gasteiger partial charge is 0.286 e. The molecule has 3 aromatic rings. The van der Waals surface area contributed by atoms with E-state index >= 15 is 0 Å². The van der Waals surface area contributed by atoms with Crippen LogP contribution in [-0.4, -0.2) is 51.8 Å². The summed E-state index contributed by atoms with van der Waals surface area (Å²) in [5.41, 5.74) is 5.80. The first kappa shape index (κ1) is 23.6. The van der Waals surface area contributed by atoms with Crippen molar-refractivity contribution in [1.82, 2.24) is 15.8 Å². The minimum atomic E-state index is -0.558. The molecule has 0 bridgehead atoms. The van der Waals surface area contributed by atoms with Crippen molar-refractivity contribution >= 4 is 22.7 Å².